The maximum absolute atomic E-state index is 5.51. The Bertz CT molecular complexity index is 487. The van der Waals surface area contributed by atoms with Crippen LogP contribution in [0.4, 0.5) is 0 Å². The molecule has 0 unspecified atom stereocenters. The van der Waals surface area contributed by atoms with Crippen molar-refractivity contribution in [3.8, 4) is 0 Å². The zero-order chi connectivity index (χ0) is 17.1. The Hall–Kier alpha value is -1.20. The molecule has 0 saturated carbocycles. The van der Waals surface area contributed by atoms with Crippen LogP contribution in [0.15, 0.2) is 35.3 Å². The Balaban J connectivity index is 1.79. The van der Waals surface area contributed by atoms with Gasteiger partial charge in [0.15, 0.2) is 5.96 Å². The number of aliphatic imine (C=N–C) groups is 1. The molecule has 2 rings (SSSR count). The molecule has 0 spiro atoms. The number of nitrogens with one attached hydrogen (secondary N) is 2. The SMILES string of the molecule is CCNC(=NCC1(SC)CCOCC1)NCCCc1ccccc1. The zero-order valence-corrected chi connectivity index (χ0v) is 15.8. The highest BCUT2D eigenvalue weighted by molar-refractivity contribution is 8.00. The van der Waals surface area contributed by atoms with E-state index < -0.39 is 0 Å². The van der Waals surface area contributed by atoms with E-state index in [4.69, 9.17) is 9.73 Å². The van der Waals surface area contributed by atoms with Gasteiger partial charge in [-0.1, -0.05) is 30.3 Å². The van der Waals surface area contributed by atoms with Gasteiger partial charge in [-0.15, -0.1) is 0 Å². The van der Waals surface area contributed by atoms with Crippen LogP contribution in [-0.2, 0) is 11.2 Å². The molecule has 1 aliphatic rings. The highest BCUT2D eigenvalue weighted by atomic mass is 32.2. The van der Waals surface area contributed by atoms with Crippen molar-refractivity contribution in [3.63, 3.8) is 0 Å². The Morgan fingerprint density at radius 1 is 1.21 bits per heavy atom. The predicted molar refractivity (Wildman–Crippen MR) is 105 cm³/mol. The summed E-state index contributed by atoms with van der Waals surface area (Å²) >= 11 is 1.94. The quantitative estimate of drug-likeness (QED) is 0.430. The first-order valence-corrected chi connectivity index (χ1v) is 10.2. The van der Waals surface area contributed by atoms with Crippen molar-refractivity contribution in [1.82, 2.24) is 10.6 Å². The fourth-order valence-electron chi connectivity index (χ4n) is 2.88. The van der Waals surface area contributed by atoms with Crippen LogP contribution in [0.25, 0.3) is 0 Å². The molecule has 134 valence electrons. The van der Waals surface area contributed by atoms with E-state index in [1.165, 1.54) is 5.56 Å². The number of thioether (sulfide) groups is 1. The third kappa shape index (κ3) is 6.36. The number of nitrogens with zero attached hydrogens (tertiary/aromatic N) is 1. The highest BCUT2D eigenvalue weighted by Crippen LogP contribution is 2.33. The third-order valence-electron chi connectivity index (χ3n) is 4.48. The molecule has 0 aromatic heterocycles. The lowest BCUT2D eigenvalue weighted by Gasteiger charge is -2.34. The Kier molecular flexibility index (Phi) is 8.47. The average molecular weight is 350 g/mol. The van der Waals surface area contributed by atoms with Gasteiger partial charge in [0.25, 0.3) is 0 Å². The second-order valence-electron chi connectivity index (χ2n) is 6.21. The van der Waals surface area contributed by atoms with Gasteiger partial charge in [-0.2, -0.15) is 11.8 Å². The normalized spacial score (nSPS) is 17.5. The first-order chi connectivity index (χ1) is 11.8. The van der Waals surface area contributed by atoms with Gasteiger partial charge in [-0.3, -0.25) is 4.99 Å². The molecule has 1 aromatic carbocycles. The second kappa shape index (κ2) is 10.6. The van der Waals surface area contributed by atoms with Crippen molar-refractivity contribution >= 4 is 17.7 Å². The molecule has 1 aromatic rings. The first-order valence-electron chi connectivity index (χ1n) is 8.97. The summed E-state index contributed by atoms with van der Waals surface area (Å²) in [5.74, 6) is 0.936. The van der Waals surface area contributed by atoms with Crippen molar-refractivity contribution in [2.45, 2.75) is 37.4 Å². The lowest BCUT2D eigenvalue weighted by molar-refractivity contribution is 0.0794. The van der Waals surface area contributed by atoms with Crippen LogP contribution in [-0.4, -0.2) is 49.8 Å². The van der Waals surface area contributed by atoms with Crippen molar-refractivity contribution in [1.29, 1.82) is 0 Å². The number of guanidine groups is 1. The maximum Gasteiger partial charge on any atom is 0.191 e. The minimum absolute atomic E-state index is 0.241. The topological polar surface area (TPSA) is 45.7 Å². The summed E-state index contributed by atoms with van der Waals surface area (Å²) in [4.78, 5) is 4.84. The standard InChI is InChI=1S/C19H31N3OS/c1-3-20-18(21-13-7-10-17-8-5-4-6-9-17)22-16-19(24-2)11-14-23-15-12-19/h4-6,8-9H,3,7,10-16H2,1-2H3,(H2,20,21,22). The van der Waals surface area contributed by atoms with Crippen molar-refractivity contribution in [2.24, 2.45) is 4.99 Å². The molecule has 24 heavy (non-hydrogen) atoms. The van der Waals surface area contributed by atoms with Crippen LogP contribution in [0.3, 0.4) is 0 Å². The summed E-state index contributed by atoms with van der Waals surface area (Å²) in [7, 11) is 0. The van der Waals surface area contributed by atoms with Crippen LogP contribution >= 0.6 is 11.8 Å². The van der Waals surface area contributed by atoms with Gasteiger partial charge in [-0.25, -0.2) is 0 Å². The van der Waals surface area contributed by atoms with Gasteiger partial charge in [0.1, 0.15) is 0 Å². The fraction of sp³-hybridized carbons (Fsp3) is 0.632. The lowest BCUT2D eigenvalue weighted by atomic mass is 9.99. The van der Waals surface area contributed by atoms with E-state index >= 15 is 0 Å². The van der Waals surface area contributed by atoms with Gasteiger partial charge >= 0.3 is 0 Å². The number of benzene rings is 1. The molecule has 0 bridgehead atoms. The van der Waals surface area contributed by atoms with E-state index in [0.717, 1.165) is 64.5 Å². The molecule has 0 amide bonds. The number of hydrogen-bond acceptors (Lipinski definition) is 3. The highest BCUT2D eigenvalue weighted by Gasteiger charge is 2.31. The molecule has 5 heteroatoms. The Morgan fingerprint density at radius 3 is 2.62 bits per heavy atom. The van der Waals surface area contributed by atoms with Crippen LogP contribution in [0, 0.1) is 0 Å². The number of rotatable bonds is 8. The maximum atomic E-state index is 5.51. The molecule has 1 heterocycles. The smallest absolute Gasteiger partial charge is 0.191 e. The minimum atomic E-state index is 0.241. The summed E-state index contributed by atoms with van der Waals surface area (Å²) in [6, 6.07) is 10.6. The largest absolute Gasteiger partial charge is 0.381 e. The molecular weight excluding hydrogens is 318 g/mol. The second-order valence-corrected chi connectivity index (χ2v) is 7.48. The van der Waals surface area contributed by atoms with Crippen molar-refractivity contribution in [3.05, 3.63) is 35.9 Å². The van der Waals surface area contributed by atoms with Gasteiger partial charge in [0, 0.05) is 31.1 Å². The first kappa shape index (κ1) is 19.1. The van der Waals surface area contributed by atoms with Crippen LogP contribution in [0.2, 0.25) is 0 Å². The minimum Gasteiger partial charge on any atom is -0.381 e. The Morgan fingerprint density at radius 2 is 1.96 bits per heavy atom. The van der Waals surface area contributed by atoms with Crippen LogP contribution in [0.5, 0.6) is 0 Å². The van der Waals surface area contributed by atoms with Crippen LogP contribution in [0.1, 0.15) is 31.7 Å². The fourth-order valence-corrected chi connectivity index (χ4v) is 3.65. The van der Waals surface area contributed by atoms with Gasteiger partial charge in [0.05, 0.1) is 6.54 Å². The van der Waals surface area contributed by atoms with Crippen LogP contribution < -0.4 is 10.6 Å². The van der Waals surface area contributed by atoms with Gasteiger partial charge in [-0.05, 0) is 44.4 Å². The molecule has 1 aliphatic heterocycles. The molecule has 2 N–H and O–H groups in total. The average Bonchev–Trinajstić information content (AvgIpc) is 2.65. The van der Waals surface area contributed by atoms with Gasteiger partial charge in [0.2, 0.25) is 0 Å². The van der Waals surface area contributed by atoms with E-state index in [-0.39, 0.29) is 4.75 Å². The number of ether oxygens (including phenoxy) is 1. The Labute approximate surface area is 150 Å². The zero-order valence-electron chi connectivity index (χ0n) is 15.0. The van der Waals surface area contributed by atoms with Gasteiger partial charge < -0.3 is 15.4 Å². The summed E-state index contributed by atoms with van der Waals surface area (Å²) < 4.78 is 5.75. The van der Waals surface area contributed by atoms with E-state index in [9.17, 15) is 0 Å². The molecule has 0 radical (unpaired) electrons. The molecular formula is C19H31N3OS. The molecule has 1 fully saturated rings. The van der Waals surface area contributed by atoms with E-state index in [1.54, 1.807) is 0 Å². The molecule has 0 atom stereocenters. The molecule has 1 saturated heterocycles. The number of aryl methyl sites for hydroxylation is 1. The van der Waals surface area contributed by atoms with Crippen molar-refractivity contribution in [2.75, 3.05) is 39.1 Å². The molecule has 4 nitrogen and oxygen atoms in total. The monoisotopic (exact) mass is 349 g/mol. The summed E-state index contributed by atoms with van der Waals surface area (Å²) in [6.45, 7) is 6.51. The third-order valence-corrected chi connectivity index (χ3v) is 5.89. The summed E-state index contributed by atoms with van der Waals surface area (Å²) in [5.41, 5.74) is 1.39. The lowest BCUT2D eigenvalue weighted by Crippen LogP contribution is -2.41. The van der Waals surface area contributed by atoms with E-state index in [2.05, 4.69) is 54.1 Å². The predicted octanol–water partition coefficient (Wildman–Crippen LogP) is 3.09. The summed E-state index contributed by atoms with van der Waals surface area (Å²) in [5, 5.41) is 6.83. The van der Waals surface area contributed by atoms with E-state index in [0.29, 0.717) is 0 Å². The number of hydrogen-bond donors (Lipinski definition) is 2. The van der Waals surface area contributed by atoms with E-state index in [1.807, 2.05) is 11.8 Å². The summed E-state index contributed by atoms with van der Waals surface area (Å²) in [6.07, 6.45) is 6.58. The van der Waals surface area contributed by atoms with Crippen molar-refractivity contribution < 1.29 is 4.74 Å². The molecule has 0 aliphatic carbocycles.